The highest BCUT2D eigenvalue weighted by Crippen LogP contribution is 2.31. The molecule has 0 saturated carbocycles. The number of likely N-dealkylation sites (tertiary alicyclic amines) is 1. The Balaban J connectivity index is 1.54. The monoisotopic (exact) mass is 329 g/mol. The highest BCUT2D eigenvalue weighted by atomic mass is 16.3. The summed E-state index contributed by atoms with van der Waals surface area (Å²) >= 11 is 0. The molecule has 0 atom stereocenters. The molecule has 2 aromatic heterocycles. The number of amides is 2. The molecular weight excluding hydrogens is 306 g/mol. The van der Waals surface area contributed by atoms with Crippen molar-refractivity contribution in [2.45, 2.75) is 38.8 Å². The summed E-state index contributed by atoms with van der Waals surface area (Å²) in [7, 11) is 0. The number of pyridine rings is 1. The summed E-state index contributed by atoms with van der Waals surface area (Å²) in [5.74, 6) is 1.56. The van der Waals surface area contributed by atoms with E-state index in [0.29, 0.717) is 38.2 Å². The number of aryl methyl sites for hydroxylation is 2. The van der Waals surface area contributed by atoms with Crippen LogP contribution in [0, 0.1) is 13.8 Å². The van der Waals surface area contributed by atoms with Crippen LogP contribution in [0.25, 0.3) is 0 Å². The van der Waals surface area contributed by atoms with E-state index in [0.717, 1.165) is 17.1 Å². The van der Waals surface area contributed by atoms with Crippen molar-refractivity contribution in [3.05, 3.63) is 53.2 Å². The second-order valence-corrected chi connectivity index (χ2v) is 6.41. The fourth-order valence-electron chi connectivity index (χ4n) is 2.93. The van der Waals surface area contributed by atoms with Gasteiger partial charge in [0.05, 0.1) is 12.2 Å². The van der Waals surface area contributed by atoms with E-state index < -0.39 is 5.60 Å². The van der Waals surface area contributed by atoms with Crippen molar-refractivity contribution in [1.82, 2.24) is 15.2 Å². The van der Waals surface area contributed by atoms with Crippen LogP contribution in [-0.2, 0) is 12.1 Å². The lowest BCUT2D eigenvalue weighted by atomic mass is 9.87. The molecular formula is C18H23N3O3. The van der Waals surface area contributed by atoms with Crippen molar-refractivity contribution < 1.29 is 14.3 Å². The quantitative estimate of drug-likeness (QED) is 0.907. The van der Waals surface area contributed by atoms with Gasteiger partial charge in [0.15, 0.2) is 0 Å². The number of hydrogen-bond acceptors (Lipinski definition) is 4. The lowest BCUT2D eigenvalue weighted by molar-refractivity contribution is -0.0204. The molecule has 1 saturated heterocycles. The number of hydrogen-bond donors (Lipinski definition) is 2. The van der Waals surface area contributed by atoms with Crippen molar-refractivity contribution in [2.75, 3.05) is 13.1 Å². The fourth-order valence-corrected chi connectivity index (χ4v) is 2.93. The molecule has 3 rings (SSSR count). The Hall–Kier alpha value is -2.34. The molecule has 0 radical (unpaired) electrons. The van der Waals surface area contributed by atoms with Gasteiger partial charge in [-0.2, -0.15) is 0 Å². The normalized spacial score (nSPS) is 16.9. The van der Waals surface area contributed by atoms with E-state index >= 15 is 0 Å². The number of aromatic nitrogens is 1. The maximum Gasteiger partial charge on any atom is 0.317 e. The van der Waals surface area contributed by atoms with Gasteiger partial charge in [-0.3, -0.25) is 4.98 Å². The predicted octanol–water partition coefficient (Wildman–Crippen LogP) is 2.48. The zero-order chi connectivity index (χ0) is 17.2. The maximum atomic E-state index is 12.2. The molecule has 0 spiro atoms. The number of furan rings is 1. The summed E-state index contributed by atoms with van der Waals surface area (Å²) in [6, 6.07) is 7.41. The maximum absolute atomic E-state index is 12.2. The van der Waals surface area contributed by atoms with Crippen molar-refractivity contribution in [1.29, 1.82) is 0 Å². The third-order valence-corrected chi connectivity index (χ3v) is 4.48. The molecule has 1 fully saturated rings. The van der Waals surface area contributed by atoms with Gasteiger partial charge in [0.25, 0.3) is 0 Å². The zero-order valence-electron chi connectivity index (χ0n) is 14.1. The van der Waals surface area contributed by atoms with Crippen LogP contribution in [0.1, 0.15) is 35.6 Å². The number of aliphatic hydroxyl groups is 1. The first-order chi connectivity index (χ1) is 11.5. The third kappa shape index (κ3) is 3.59. The summed E-state index contributed by atoms with van der Waals surface area (Å²) in [5.41, 5.74) is 0.786. The molecule has 6 heteroatoms. The molecule has 0 aliphatic carbocycles. The van der Waals surface area contributed by atoms with Crippen LogP contribution >= 0.6 is 0 Å². The van der Waals surface area contributed by atoms with E-state index in [1.807, 2.05) is 38.1 Å². The number of nitrogens with zero attached hydrogens (tertiary/aromatic N) is 2. The van der Waals surface area contributed by atoms with Crippen LogP contribution in [0.5, 0.6) is 0 Å². The van der Waals surface area contributed by atoms with Crippen LogP contribution in [0.15, 0.2) is 34.9 Å². The number of urea groups is 1. The number of piperidine rings is 1. The van der Waals surface area contributed by atoms with Gasteiger partial charge >= 0.3 is 6.03 Å². The van der Waals surface area contributed by atoms with E-state index in [1.54, 1.807) is 11.1 Å². The largest absolute Gasteiger partial charge is 0.465 e. The van der Waals surface area contributed by atoms with Crippen LogP contribution in [0.2, 0.25) is 0 Å². The Morgan fingerprint density at radius 3 is 2.62 bits per heavy atom. The van der Waals surface area contributed by atoms with E-state index in [-0.39, 0.29) is 6.03 Å². The lowest BCUT2D eigenvalue weighted by Gasteiger charge is -2.37. The second-order valence-electron chi connectivity index (χ2n) is 6.41. The molecule has 0 bridgehead atoms. The molecule has 0 aromatic carbocycles. The Morgan fingerprint density at radius 2 is 2.04 bits per heavy atom. The molecule has 2 aromatic rings. The van der Waals surface area contributed by atoms with Gasteiger partial charge in [-0.05, 0) is 50.5 Å². The zero-order valence-corrected chi connectivity index (χ0v) is 14.1. The Morgan fingerprint density at radius 1 is 1.29 bits per heavy atom. The minimum atomic E-state index is -0.956. The molecule has 2 amide bonds. The highest BCUT2D eigenvalue weighted by Gasteiger charge is 2.36. The van der Waals surface area contributed by atoms with Crippen molar-refractivity contribution in [3.63, 3.8) is 0 Å². The number of rotatable bonds is 3. The van der Waals surface area contributed by atoms with Crippen molar-refractivity contribution in [2.24, 2.45) is 0 Å². The summed E-state index contributed by atoms with van der Waals surface area (Å²) in [6.07, 6.45) is 2.73. The van der Waals surface area contributed by atoms with Crippen LogP contribution in [-0.4, -0.2) is 34.1 Å². The van der Waals surface area contributed by atoms with E-state index in [4.69, 9.17) is 4.42 Å². The summed E-state index contributed by atoms with van der Waals surface area (Å²) in [6.45, 7) is 5.20. The summed E-state index contributed by atoms with van der Waals surface area (Å²) < 4.78 is 5.44. The standard InChI is InChI=1S/C18H23N3O3/c1-13-3-6-16(19-11-13)18(23)7-9-21(10-8-18)17(22)20-12-15-5-4-14(2)24-15/h3-6,11,23H,7-10,12H2,1-2H3,(H,20,22). The average molecular weight is 329 g/mol. The van der Waals surface area contributed by atoms with Gasteiger partial charge < -0.3 is 19.7 Å². The van der Waals surface area contributed by atoms with E-state index in [1.165, 1.54) is 0 Å². The van der Waals surface area contributed by atoms with Crippen LogP contribution < -0.4 is 5.32 Å². The van der Waals surface area contributed by atoms with E-state index in [2.05, 4.69) is 10.3 Å². The average Bonchev–Trinajstić information content (AvgIpc) is 2.99. The fraction of sp³-hybridized carbons (Fsp3) is 0.444. The van der Waals surface area contributed by atoms with Gasteiger partial charge in [-0.15, -0.1) is 0 Å². The molecule has 3 heterocycles. The molecule has 1 aliphatic rings. The smallest absolute Gasteiger partial charge is 0.317 e. The van der Waals surface area contributed by atoms with Crippen molar-refractivity contribution >= 4 is 6.03 Å². The van der Waals surface area contributed by atoms with Gasteiger partial charge in [-0.1, -0.05) is 6.07 Å². The number of carbonyl (C=O) groups is 1. The van der Waals surface area contributed by atoms with Crippen LogP contribution in [0.4, 0.5) is 4.79 Å². The van der Waals surface area contributed by atoms with Gasteiger partial charge in [0.2, 0.25) is 0 Å². The molecule has 6 nitrogen and oxygen atoms in total. The summed E-state index contributed by atoms with van der Waals surface area (Å²) in [4.78, 5) is 18.3. The molecule has 0 unspecified atom stereocenters. The van der Waals surface area contributed by atoms with E-state index in [9.17, 15) is 9.90 Å². The first kappa shape index (κ1) is 16.5. The second kappa shape index (κ2) is 6.65. The topological polar surface area (TPSA) is 78.6 Å². The van der Waals surface area contributed by atoms with Gasteiger partial charge in [0.1, 0.15) is 17.1 Å². The first-order valence-electron chi connectivity index (χ1n) is 8.20. The molecule has 128 valence electrons. The van der Waals surface area contributed by atoms with Gasteiger partial charge in [-0.25, -0.2) is 4.79 Å². The molecule has 2 N–H and O–H groups in total. The van der Waals surface area contributed by atoms with Crippen molar-refractivity contribution in [3.8, 4) is 0 Å². The lowest BCUT2D eigenvalue weighted by Crippen LogP contribution is -2.48. The predicted molar refractivity (Wildman–Crippen MR) is 89.4 cm³/mol. The highest BCUT2D eigenvalue weighted by molar-refractivity contribution is 5.74. The minimum Gasteiger partial charge on any atom is -0.465 e. The number of nitrogens with one attached hydrogen (secondary N) is 1. The Labute approximate surface area is 141 Å². The first-order valence-corrected chi connectivity index (χ1v) is 8.20. The van der Waals surface area contributed by atoms with Crippen LogP contribution in [0.3, 0.4) is 0 Å². The number of carbonyl (C=O) groups excluding carboxylic acids is 1. The molecule has 24 heavy (non-hydrogen) atoms. The Bertz CT molecular complexity index is 701. The third-order valence-electron chi connectivity index (χ3n) is 4.48. The minimum absolute atomic E-state index is 0.136. The summed E-state index contributed by atoms with van der Waals surface area (Å²) in [5, 5.41) is 13.7. The van der Waals surface area contributed by atoms with Gasteiger partial charge in [0, 0.05) is 19.3 Å². The SMILES string of the molecule is Cc1ccc(C2(O)CCN(C(=O)NCc3ccc(C)o3)CC2)nc1. The molecule has 1 aliphatic heterocycles. The Kier molecular flexibility index (Phi) is 4.57.